The number of sulfonamides is 1. The van der Waals surface area contributed by atoms with Gasteiger partial charge in [-0.05, 0) is 53.9 Å². The van der Waals surface area contributed by atoms with Crippen LogP contribution < -0.4 is 10.2 Å². The lowest BCUT2D eigenvalue weighted by Gasteiger charge is -2.08. The van der Waals surface area contributed by atoms with Crippen molar-refractivity contribution in [3.05, 3.63) is 65.9 Å². The summed E-state index contributed by atoms with van der Waals surface area (Å²) in [5.74, 6) is -0.211. The number of hydrogen-bond acceptors (Lipinski definition) is 7. The summed E-state index contributed by atoms with van der Waals surface area (Å²) in [5, 5.41) is 9.42. The van der Waals surface area contributed by atoms with Crippen LogP contribution in [-0.4, -0.2) is 24.5 Å². The zero-order valence-electron chi connectivity index (χ0n) is 14.1. The van der Waals surface area contributed by atoms with E-state index in [-0.39, 0.29) is 4.90 Å². The Labute approximate surface area is 163 Å². The van der Waals surface area contributed by atoms with Crippen molar-refractivity contribution in [3.8, 4) is 11.5 Å². The fourth-order valence-electron chi connectivity index (χ4n) is 2.63. The number of oxazole rings is 1. The van der Waals surface area contributed by atoms with Crippen LogP contribution in [-0.2, 0) is 10.0 Å². The van der Waals surface area contributed by atoms with Crippen molar-refractivity contribution in [1.29, 1.82) is 0 Å². The van der Waals surface area contributed by atoms with E-state index in [1.54, 1.807) is 41.9 Å². The number of benzene rings is 2. The smallest absolute Gasteiger partial charge is 0.284 e. The summed E-state index contributed by atoms with van der Waals surface area (Å²) in [7, 11) is -3.80. The molecule has 4 aromatic rings. The molecule has 8 nitrogen and oxygen atoms in total. The Morgan fingerprint density at radius 3 is 2.57 bits per heavy atom. The summed E-state index contributed by atoms with van der Waals surface area (Å²) in [6.07, 6.45) is 2.95. The van der Waals surface area contributed by atoms with Crippen molar-refractivity contribution in [2.75, 3.05) is 4.72 Å². The second-order valence-corrected chi connectivity index (χ2v) is 8.54. The van der Waals surface area contributed by atoms with Gasteiger partial charge >= 0.3 is 0 Å². The molecule has 0 aliphatic rings. The SMILES string of the molecule is O=C(NO)c1cc2cc(NS(=O)(=O)c3ccc(-c4ncco4)cc3)ccc2s1. The third kappa shape index (κ3) is 3.48. The zero-order chi connectivity index (χ0) is 19.7. The maximum absolute atomic E-state index is 12.7. The van der Waals surface area contributed by atoms with Gasteiger partial charge in [-0.2, -0.15) is 0 Å². The Hall–Kier alpha value is -3.21. The van der Waals surface area contributed by atoms with Crippen LogP contribution in [0.1, 0.15) is 9.67 Å². The van der Waals surface area contributed by atoms with E-state index in [2.05, 4.69) is 9.71 Å². The molecule has 3 N–H and O–H groups in total. The Kier molecular flexibility index (Phi) is 4.59. The highest BCUT2D eigenvalue weighted by Gasteiger charge is 2.16. The Morgan fingerprint density at radius 1 is 1.11 bits per heavy atom. The molecular formula is C18H13N3O5S2. The van der Waals surface area contributed by atoms with Crippen LogP contribution in [0.2, 0.25) is 0 Å². The molecule has 2 heterocycles. The molecule has 28 heavy (non-hydrogen) atoms. The minimum atomic E-state index is -3.80. The van der Waals surface area contributed by atoms with E-state index in [1.165, 1.54) is 35.9 Å². The minimum Gasteiger partial charge on any atom is -0.445 e. The number of thiophene rings is 1. The average Bonchev–Trinajstić information content (AvgIpc) is 3.36. The van der Waals surface area contributed by atoms with Gasteiger partial charge in [0.15, 0.2) is 0 Å². The molecule has 4 rings (SSSR count). The van der Waals surface area contributed by atoms with E-state index in [1.807, 2.05) is 0 Å². The van der Waals surface area contributed by atoms with Gasteiger partial charge < -0.3 is 4.42 Å². The Bertz CT molecular complexity index is 1250. The van der Waals surface area contributed by atoms with Crippen molar-refractivity contribution in [1.82, 2.24) is 10.5 Å². The standard InChI is InChI=1S/C18H13N3O5S2/c22-17(20-23)16-10-12-9-13(3-6-15(12)27-16)21-28(24,25)14-4-1-11(2-5-14)18-19-7-8-26-18/h1-10,21,23H,(H,20,22). The van der Waals surface area contributed by atoms with Gasteiger partial charge in [-0.1, -0.05) is 0 Å². The highest BCUT2D eigenvalue weighted by molar-refractivity contribution is 7.92. The number of hydroxylamine groups is 1. The largest absolute Gasteiger partial charge is 0.445 e. The lowest BCUT2D eigenvalue weighted by Crippen LogP contribution is -2.16. The maximum atomic E-state index is 12.7. The first kappa shape index (κ1) is 18.2. The first-order valence-electron chi connectivity index (χ1n) is 7.97. The van der Waals surface area contributed by atoms with Crippen molar-refractivity contribution in [2.45, 2.75) is 4.90 Å². The highest BCUT2D eigenvalue weighted by atomic mass is 32.2. The van der Waals surface area contributed by atoms with Gasteiger partial charge in [-0.3, -0.25) is 14.7 Å². The molecule has 0 aliphatic heterocycles. The summed E-state index contributed by atoms with van der Waals surface area (Å²) in [4.78, 5) is 16.0. The number of amides is 1. The lowest BCUT2D eigenvalue weighted by atomic mass is 10.2. The van der Waals surface area contributed by atoms with E-state index in [0.29, 0.717) is 27.4 Å². The first-order chi connectivity index (χ1) is 13.5. The van der Waals surface area contributed by atoms with Crippen molar-refractivity contribution in [3.63, 3.8) is 0 Å². The second kappa shape index (κ2) is 7.08. The summed E-state index contributed by atoms with van der Waals surface area (Å²) < 4.78 is 33.8. The molecule has 0 spiro atoms. The molecule has 1 amide bonds. The predicted molar refractivity (Wildman–Crippen MR) is 104 cm³/mol. The Morgan fingerprint density at radius 2 is 1.89 bits per heavy atom. The highest BCUT2D eigenvalue weighted by Crippen LogP contribution is 2.29. The van der Waals surface area contributed by atoms with Crippen molar-refractivity contribution >= 4 is 43.0 Å². The Balaban J connectivity index is 1.59. The summed E-state index contributed by atoms with van der Waals surface area (Å²) in [5.41, 5.74) is 2.60. The maximum Gasteiger partial charge on any atom is 0.284 e. The number of carbonyl (C=O) groups is 1. The van der Waals surface area contributed by atoms with Crippen LogP contribution in [0.4, 0.5) is 5.69 Å². The van der Waals surface area contributed by atoms with E-state index >= 15 is 0 Å². The number of fused-ring (bicyclic) bond motifs is 1. The van der Waals surface area contributed by atoms with Gasteiger partial charge in [0, 0.05) is 16.0 Å². The predicted octanol–water partition coefficient (Wildman–Crippen LogP) is 3.48. The van der Waals surface area contributed by atoms with Gasteiger partial charge in [-0.15, -0.1) is 11.3 Å². The summed E-state index contributed by atoms with van der Waals surface area (Å²) in [6.45, 7) is 0. The van der Waals surface area contributed by atoms with Crippen LogP contribution in [0.5, 0.6) is 0 Å². The molecule has 10 heteroatoms. The molecule has 0 fully saturated rings. The third-order valence-corrected chi connectivity index (χ3v) is 6.45. The quantitative estimate of drug-likeness (QED) is 0.339. The minimum absolute atomic E-state index is 0.0913. The molecule has 2 aromatic heterocycles. The number of nitrogens with zero attached hydrogens (tertiary/aromatic N) is 1. The van der Waals surface area contributed by atoms with Crippen LogP contribution >= 0.6 is 11.3 Å². The van der Waals surface area contributed by atoms with Gasteiger partial charge in [0.05, 0.1) is 16.0 Å². The number of rotatable bonds is 5. The zero-order valence-corrected chi connectivity index (χ0v) is 15.8. The fourth-order valence-corrected chi connectivity index (χ4v) is 4.61. The molecule has 0 saturated heterocycles. The van der Waals surface area contributed by atoms with Crippen LogP contribution in [0, 0.1) is 0 Å². The average molecular weight is 415 g/mol. The molecule has 0 atom stereocenters. The monoisotopic (exact) mass is 415 g/mol. The van der Waals surface area contributed by atoms with Crippen LogP contribution in [0.15, 0.2) is 70.3 Å². The number of anilines is 1. The normalized spacial score (nSPS) is 11.5. The van der Waals surface area contributed by atoms with Crippen LogP contribution in [0.25, 0.3) is 21.5 Å². The van der Waals surface area contributed by atoms with Crippen LogP contribution in [0.3, 0.4) is 0 Å². The van der Waals surface area contributed by atoms with E-state index in [0.717, 1.165) is 4.70 Å². The van der Waals surface area contributed by atoms with Gasteiger partial charge in [0.25, 0.3) is 15.9 Å². The molecule has 0 unspecified atom stereocenters. The molecule has 142 valence electrons. The fraction of sp³-hybridized carbons (Fsp3) is 0. The molecule has 0 radical (unpaired) electrons. The number of aromatic nitrogens is 1. The van der Waals surface area contributed by atoms with Gasteiger partial charge in [0.1, 0.15) is 6.26 Å². The van der Waals surface area contributed by atoms with E-state index in [9.17, 15) is 13.2 Å². The van der Waals surface area contributed by atoms with Crippen molar-refractivity contribution in [2.24, 2.45) is 0 Å². The summed E-state index contributed by atoms with van der Waals surface area (Å²) >= 11 is 1.19. The molecule has 2 aromatic carbocycles. The third-order valence-electron chi connectivity index (χ3n) is 3.94. The first-order valence-corrected chi connectivity index (χ1v) is 10.3. The number of hydrogen-bond donors (Lipinski definition) is 3. The summed E-state index contributed by atoms with van der Waals surface area (Å²) in [6, 6.07) is 12.7. The molecule has 0 saturated carbocycles. The van der Waals surface area contributed by atoms with E-state index in [4.69, 9.17) is 9.62 Å². The molecule has 0 bridgehead atoms. The number of carbonyl (C=O) groups excluding carboxylic acids is 1. The van der Waals surface area contributed by atoms with E-state index < -0.39 is 15.9 Å². The molecular weight excluding hydrogens is 402 g/mol. The molecule has 0 aliphatic carbocycles. The number of nitrogens with one attached hydrogen (secondary N) is 2. The topological polar surface area (TPSA) is 122 Å². The van der Waals surface area contributed by atoms with Gasteiger partial charge in [-0.25, -0.2) is 18.9 Å². The van der Waals surface area contributed by atoms with Gasteiger partial charge in [0.2, 0.25) is 5.89 Å². The second-order valence-electron chi connectivity index (χ2n) is 5.77. The van der Waals surface area contributed by atoms with Crippen molar-refractivity contribution < 1.29 is 22.8 Å². The lowest BCUT2D eigenvalue weighted by molar-refractivity contribution is 0.0711.